The van der Waals surface area contributed by atoms with Crippen molar-refractivity contribution in [3.63, 3.8) is 0 Å². The molecule has 8 rings (SSSR count). The summed E-state index contributed by atoms with van der Waals surface area (Å²) < 4.78 is 2.08. The number of hydrogen-bond donors (Lipinski definition) is 0. The molecule has 0 spiro atoms. The van der Waals surface area contributed by atoms with Crippen LogP contribution in [0, 0.1) is 29.2 Å². The molecule has 0 saturated carbocycles. The van der Waals surface area contributed by atoms with Gasteiger partial charge in [0.05, 0.1) is 40.9 Å². The van der Waals surface area contributed by atoms with Gasteiger partial charge >= 0.3 is 0 Å². The molecule has 232 valence electrons. The van der Waals surface area contributed by atoms with E-state index < -0.39 is 8.07 Å². The number of fused-ring (bicyclic) bond motifs is 3. The van der Waals surface area contributed by atoms with Gasteiger partial charge in [0.25, 0.3) is 0 Å². The lowest BCUT2D eigenvalue weighted by Gasteiger charge is -2.34. The summed E-state index contributed by atoms with van der Waals surface area (Å²) in [4.78, 5) is 3.98. The Morgan fingerprint density at radius 1 is 0.520 bits per heavy atom. The Balaban J connectivity index is 1.32. The average Bonchev–Trinajstić information content (AvgIpc) is 3.53. The zero-order chi connectivity index (χ0) is 34.1. The second-order valence-corrected chi connectivity index (χ2v) is 16.0. The maximum absolute atomic E-state index is 10.6. The van der Waals surface area contributed by atoms with E-state index in [9.17, 15) is 10.5 Å². The summed E-state index contributed by atoms with van der Waals surface area (Å²) in [6.07, 6.45) is 0. The van der Waals surface area contributed by atoms with Gasteiger partial charge in [-0.3, -0.25) is 0 Å². The Labute approximate surface area is 291 Å². The van der Waals surface area contributed by atoms with E-state index in [1.807, 2.05) is 48.5 Å². The van der Waals surface area contributed by atoms with Crippen LogP contribution in [0.2, 0.25) is 0 Å². The minimum Gasteiger partial charge on any atom is -0.310 e. The van der Waals surface area contributed by atoms with Crippen molar-refractivity contribution in [1.29, 1.82) is 10.5 Å². The largest absolute Gasteiger partial charge is 0.310 e. The molecule has 0 atom stereocenters. The van der Waals surface area contributed by atoms with Crippen LogP contribution in [-0.2, 0) is 0 Å². The first-order valence-corrected chi connectivity index (χ1v) is 18.3. The van der Waals surface area contributed by atoms with E-state index in [0.717, 1.165) is 33.1 Å². The molecular weight excluding hydrogens is 625 g/mol. The smallest absolute Gasteiger partial charge is 0.198 e. The monoisotopic (exact) mass is 652 g/mol. The molecule has 1 aromatic heterocycles. The van der Waals surface area contributed by atoms with Crippen LogP contribution in [0.25, 0.3) is 43.5 Å². The summed E-state index contributed by atoms with van der Waals surface area (Å²) >= 11 is 0. The van der Waals surface area contributed by atoms with Gasteiger partial charge < -0.3 is 4.57 Å². The molecule has 0 unspecified atom stereocenters. The predicted octanol–water partition coefficient (Wildman–Crippen LogP) is 8.12. The Morgan fingerprint density at radius 3 is 1.62 bits per heavy atom. The third-order valence-corrected chi connectivity index (χ3v) is 14.4. The summed E-state index contributed by atoms with van der Waals surface area (Å²) in [5.74, 6) is 0. The highest BCUT2D eigenvalue weighted by molar-refractivity contribution is 7.19. The molecule has 0 N–H and O–H groups in total. The Bertz CT molecular complexity index is 2530. The van der Waals surface area contributed by atoms with Gasteiger partial charge in [0, 0.05) is 22.0 Å². The van der Waals surface area contributed by atoms with Gasteiger partial charge in [-0.25, -0.2) is 4.85 Å². The second-order valence-electron chi connectivity index (χ2n) is 12.2. The molecule has 0 saturated heterocycles. The number of rotatable bonds is 6. The molecule has 1 heterocycles. The van der Waals surface area contributed by atoms with E-state index in [0.29, 0.717) is 22.4 Å². The maximum Gasteiger partial charge on any atom is 0.198 e. The fraction of sp³-hybridized carbons (Fsp3) is 0. The van der Waals surface area contributed by atoms with Gasteiger partial charge in [0.1, 0.15) is 0 Å². The number of aromatic nitrogens is 1. The van der Waals surface area contributed by atoms with Gasteiger partial charge in [0.2, 0.25) is 0 Å². The average molecular weight is 653 g/mol. The normalized spacial score (nSPS) is 11.1. The lowest BCUT2D eigenvalue weighted by atomic mass is 9.97. The van der Waals surface area contributed by atoms with Crippen molar-refractivity contribution in [2.45, 2.75) is 0 Å². The summed E-state index contributed by atoms with van der Waals surface area (Å²) in [7, 11) is -2.72. The first kappa shape index (κ1) is 30.4. The van der Waals surface area contributed by atoms with Crippen molar-refractivity contribution in [2.75, 3.05) is 0 Å². The molecule has 0 aliphatic carbocycles. The van der Waals surface area contributed by atoms with Gasteiger partial charge in [-0.05, 0) is 62.7 Å². The summed E-state index contributed by atoms with van der Waals surface area (Å²) in [6, 6.07) is 62.8. The number of nitriles is 2. The van der Waals surface area contributed by atoms with Crippen LogP contribution in [0.5, 0.6) is 0 Å². The van der Waals surface area contributed by atoms with Crippen molar-refractivity contribution in [1.82, 2.24) is 4.57 Å². The number of nitrogens with zero attached hydrogens (tertiary/aromatic N) is 4. The van der Waals surface area contributed by atoms with E-state index in [2.05, 4.69) is 137 Å². The van der Waals surface area contributed by atoms with Crippen molar-refractivity contribution >= 4 is 56.3 Å². The molecule has 8 aromatic rings. The fourth-order valence-corrected chi connectivity index (χ4v) is 12.2. The quantitative estimate of drug-likeness (QED) is 0.104. The molecule has 5 heteroatoms. The first-order chi connectivity index (χ1) is 24.7. The third kappa shape index (κ3) is 4.80. The number of hydrogen-bond acceptors (Lipinski definition) is 2. The number of para-hydroxylation sites is 1. The minimum atomic E-state index is -2.72. The zero-order valence-electron chi connectivity index (χ0n) is 27.0. The molecular formula is C45H28N4Si. The zero-order valence-corrected chi connectivity index (χ0v) is 28.0. The van der Waals surface area contributed by atoms with E-state index in [1.165, 1.54) is 20.7 Å². The molecule has 0 amide bonds. The van der Waals surface area contributed by atoms with Crippen LogP contribution >= 0.6 is 0 Å². The maximum atomic E-state index is 10.6. The van der Waals surface area contributed by atoms with E-state index in [-0.39, 0.29) is 0 Å². The fourth-order valence-electron chi connectivity index (χ4n) is 7.49. The molecule has 0 bridgehead atoms. The van der Waals surface area contributed by atoms with Crippen molar-refractivity contribution in [3.05, 3.63) is 192 Å². The summed E-state index contributed by atoms with van der Waals surface area (Å²) in [5, 5.41) is 27.1. The number of benzene rings is 7. The molecule has 0 aliphatic heterocycles. The van der Waals surface area contributed by atoms with E-state index in [1.54, 1.807) is 6.07 Å². The summed E-state index contributed by atoms with van der Waals surface area (Å²) in [5.41, 5.74) is 5.44. The van der Waals surface area contributed by atoms with Crippen LogP contribution in [0.4, 0.5) is 5.69 Å². The van der Waals surface area contributed by atoms with Crippen LogP contribution in [-0.4, -0.2) is 12.6 Å². The van der Waals surface area contributed by atoms with E-state index in [4.69, 9.17) is 6.57 Å². The Kier molecular flexibility index (Phi) is 7.63. The second kappa shape index (κ2) is 12.6. The van der Waals surface area contributed by atoms with Crippen LogP contribution in [0.3, 0.4) is 0 Å². The van der Waals surface area contributed by atoms with E-state index >= 15 is 0 Å². The molecule has 0 fully saturated rings. The summed E-state index contributed by atoms with van der Waals surface area (Å²) in [6.45, 7) is 8.26. The highest BCUT2D eigenvalue weighted by Gasteiger charge is 2.41. The third-order valence-electron chi connectivity index (χ3n) is 9.63. The lowest BCUT2D eigenvalue weighted by molar-refractivity contribution is 1.18. The van der Waals surface area contributed by atoms with Crippen LogP contribution in [0.15, 0.2) is 170 Å². The van der Waals surface area contributed by atoms with Crippen molar-refractivity contribution < 1.29 is 0 Å². The van der Waals surface area contributed by atoms with Gasteiger partial charge in [0.15, 0.2) is 13.8 Å². The molecule has 7 aromatic carbocycles. The first-order valence-electron chi connectivity index (χ1n) is 16.3. The van der Waals surface area contributed by atoms with Crippen molar-refractivity contribution in [3.8, 4) is 29.0 Å². The molecule has 0 radical (unpaired) electrons. The van der Waals surface area contributed by atoms with Gasteiger partial charge in [-0.1, -0.05) is 133 Å². The van der Waals surface area contributed by atoms with Crippen LogP contribution in [0.1, 0.15) is 11.1 Å². The van der Waals surface area contributed by atoms with Gasteiger partial charge in [-0.15, -0.1) is 0 Å². The minimum absolute atomic E-state index is 0.407. The SMILES string of the molecule is [C-]#[N+]c1cc(-n2c3ccccc3c3cc(C#N)ccc32)cc(C#N)c1-c1ccc([Si](c2ccccc2)(c2ccccc2)c2ccccc2)cc1. The van der Waals surface area contributed by atoms with Gasteiger partial charge in [-0.2, -0.15) is 10.5 Å². The molecule has 4 nitrogen and oxygen atoms in total. The topological polar surface area (TPSA) is 56.9 Å². The Morgan fingerprint density at radius 2 is 1.06 bits per heavy atom. The predicted molar refractivity (Wildman–Crippen MR) is 206 cm³/mol. The Hall–Kier alpha value is -6.97. The van der Waals surface area contributed by atoms with Crippen molar-refractivity contribution in [2.24, 2.45) is 0 Å². The lowest BCUT2D eigenvalue weighted by Crippen LogP contribution is -2.74. The molecule has 50 heavy (non-hydrogen) atoms. The highest BCUT2D eigenvalue weighted by Crippen LogP contribution is 2.39. The standard InChI is InChI=1S/C45H28N4Si/c1-48-42-29-35(49-43-20-12-11-19-40(43)41-27-32(30-46)21-26-44(41)49)28-34(31-47)45(42)33-22-24-39(25-23-33)50(36-13-5-2-6-14-36,37-15-7-3-8-16-37)38-17-9-4-10-18-38/h2-29H. The highest BCUT2D eigenvalue weighted by atomic mass is 28.3. The molecule has 0 aliphatic rings. The van der Waals surface area contributed by atoms with Crippen LogP contribution < -0.4 is 20.7 Å².